The highest BCUT2D eigenvalue weighted by atomic mass is 32.1. The minimum absolute atomic E-state index is 0.00419. The molecule has 0 unspecified atom stereocenters. The predicted molar refractivity (Wildman–Crippen MR) is 133 cm³/mol. The number of ketones is 1. The molecule has 0 radical (unpaired) electrons. The summed E-state index contributed by atoms with van der Waals surface area (Å²) in [5.74, 6) is 0.496. The molecule has 0 amide bonds. The van der Waals surface area contributed by atoms with Crippen LogP contribution in [-0.2, 0) is 6.42 Å². The van der Waals surface area contributed by atoms with Crippen LogP contribution in [0.1, 0.15) is 34.2 Å². The quantitative estimate of drug-likeness (QED) is 0.215. The van der Waals surface area contributed by atoms with Crippen molar-refractivity contribution < 1.29 is 9.18 Å². The van der Waals surface area contributed by atoms with Crippen LogP contribution in [0.4, 0.5) is 16.0 Å². The van der Waals surface area contributed by atoms with Gasteiger partial charge in [-0.25, -0.2) is 14.4 Å². The summed E-state index contributed by atoms with van der Waals surface area (Å²) in [6.07, 6.45) is 0.619. The maximum Gasteiger partial charge on any atom is 0.229 e. The molecule has 0 spiro atoms. The third-order valence-corrected chi connectivity index (χ3v) is 4.78. The average molecular weight is 465 g/mol. The highest BCUT2D eigenvalue weighted by Crippen LogP contribution is 2.10. The number of nitrogens with one attached hydrogen (secondary N) is 3. The summed E-state index contributed by atoms with van der Waals surface area (Å²) in [5, 5.41) is 9.49. The Bertz CT molecular complexity index is 1140. The van der Waals surface area contributed by atoms with Gasteiger partial charge in [0, 0.05) is 29.2 Å². The number of carbonyl (C=O) groups is 1. The van der Waals surface area contributed by atoms with Gasteiger partial charge in [-0.05, 0) is 87.4 Å². The van der Waals surface area contributed by atoms with Crippen molar-refractivity contribution in [3.8, 4) is 0 Å². The first-order chi connectivity index (χ1) is 15.8. The Kier molecular flexibility index (Phi) is 8.15. The monoisotopic (exact) mass is 464 g/mol. The molecule has 0 saturated heterocycles. The first kappa shape index (κ1) is 23.9. The van der Waals surface area contributed by atoms with Crippen molar-refractivity contribution in [1.29, 1.82) is 0 Å². The summed E-state index contributed by atoms with van der Waals surface area (Å²) >= 11 is 5.43. The third-order valence-electron chi connectivity index (χ3n) is 4.58. The normalized spacial score (nSPS) is 11.1. The molecule has 3 aromatic rings. The van der Waals surface area contributed by atoms with E-state index in [9.17, 15) is 9.18 Å². The number of thiocarbonyl (C=S) groups is 1. The van der Waals surface area contributed by atoms with E-state index >= 15 is 0 Å². The van der Waals surface area contributed by atoms with Crippen LogP contribution in [0.25, 0.3) is 0 Å². The lowest BCUT2D eigenvalue weighted by molar-refractivity contribution is 0.101. The minimum atomic E-state index is -0.272. The number of halogens is 1. The molecule has 0 saturated carbocycles. The Morgan fingerprint density at radius 2 is 1.64 bits per heavy atom. The van der Waals surface area contributed by atoms with Crippen LogP contribution >= 0.6 is 12.2 Å². The Balaban J connectivity index is 1.71. The van der Waals surface area contributed by atoms with Gasteiger partial charge in [-0.1, -0.05) is 12.1 Å². The number of hydrogen-bond acceptors (Lipinski definition) is 5. The minimum Gasteiger partial charge on any atom is -0.332 e. The molecule has 33 heavy (non-hydrogen) atoms. The first-order valence-corrected chi connectivity index (χ1v) is 10.8. The van der Waals surface area contributed by atoms with Crippen molar-refractivity contribution >= 4 is 40.7 Å². The van der Waals surface area contributed by atoms with E-state index in [0.29, 0.717) is 35.5 Å². The van der Waals surface area contributed by atoms with Crippen LogP contribution in [0.5, 0.6) is 0 Å². The summed E-state index contributed by atoms with van der Waals surface area (Å²) in [6, 6.07) is 15.2. The van der Waals surface area contributed by atoms with E-state index in [1.807, 2.05) is 19.9 Å². The standard InChI is InChI=1S/C24H25FN6OS/c1-15-14-16(2)28-23(27-15)30-22(26-13-12-18-4-8-20(25)9-5-18)31-24(33)29-21-10-6-19(7-11-21)17(3)32/h4-11,14H,12-13H2,1-3H3,(H3,26,27,28,29,30,31,33). The number of hydrogen-bond donors (Lipinski definition) is 3. The maximum absolute atomic E-state index is 13.1. The van der Waals surface area contributed by atoms with Crippen LogP contribution in [-0.4, -0.2) is 33.4 Å². The number of rotatable bonds is 6. The molecule has 0 aliphatic heterocycles. The lowest BCUT2D eigenvalue weighted by Crippen LogP contribution is -2.39. The lowest BCUT2D eigenvalue weighted by Gasteiger charge is -2.14. The molecule has 0 atom stereocenters. The van der Waals surface area contributed by atoms with E-state index in [0.717, 1.165) is 22.6 Å². The van der Waals surface area contributed by atoms with Gasteiger partial charge in [0.1, 0.15) is 5.82 Å². The molecule has 0 aliphatic rings. The maximum atomic E-state index is 13.1. The summed E-state index contributed by atoms with van der Waals surface area (Å²) < 4.78 is 13.1. The molecular formula is C24H25FN6OS. The number of carbonyl (C=O) groups excluding carboxylic acids is 1. The number of aryl methyl sites for hydroxylation is 2. The Hall–Kier alpha value is -3.72. The van der Waals surface area contributed by atoms with Gasteiger partial charge in [0.2, 0.25) is 11.9 Å². The molecule has 9 heteroatoms. The van der Waals surface area contributed by atoms with Gasteiger partial charge in [-0.3, -0.25) is 15.1 Å². The highest BCUT2D eigenvalue weighted by molar-refractivity contribution is 7.80. The number of guanidine groups is 1. The molecule has 3 rings (SSSR count). The lowest BCUT2D eigenvalue weighted by atomic mass is 10.1. The van der Waals surface area contributed by atoms with E-state index < -0.39 is 0 Å². The van der Waals surface area contributed by atoms with Crippen LogP contribution in [0.15, 0.2) is 59.6 Å². The van der Waals surface area contributed by atoms with E-state index in [4.69, 9.17) is 12.2 Å². The van der Waals surface area contributed by atoms with Gasteiger partial charge in [0.25, 0.3) is 0 Å². The van der Waals surface area contributed by atoms with Crippen LogP contribution in [0.2, 0.25) is 0 Å². The van der Waals surface area contributed by atoms with Crippen molar-refractivity contribution in [1.82, 2.24) is 15.3 Å². The predicted octanol–water partition coefficient (Wildman–Crippen LogP) is 4.43. The van der Waals surface area contributed by atoms with E-state index in [1.54, 1.807) is 36.4 Å². The molecule has 3 N–H and O–H groups in total. The fourth-order valence-corrected chi connectivity index (χ4v) is 3.22. The number of aliphatic imine (C=N–C) groups is 1. The zero-order valence-corrected chi connectivity index (χ0v) is 19.5. The summed E-state index contributed by atoms with van der Waals surface area (Å²) in [6.45, 7) is 5.72. The molecule has 2 aromatic carbocycles. The van der Waals surface area contributed by atoms with E-state index in [-0.39, 0.29) is 11.6 Å². The zero-order valence-electron chi connectivity index (χ0n) is 18.6. The fourth-order valence-electron chi connectivity index (χ4n) is 3.00. The molecule has 1 heterocycles. The van der Waals surface area contributed by atoms with E-state index in [1.165, 1.54) is 19.1 Å². The SMILES string of the molecule is CC(=O)c1ccc(NC(=S)NC(=NCCc2ccc(F)cc2)Nc2nc(C)cc(C)n2)cc1. The van der Waals surface area contributed by atoms with Crippen molar-refractivity contribution in [3.05, 3.63) is 82.9 Å². The van der Waals surface area contributed by atoms with Gasteiger partial charge in [-0.15, -0.1) is 0 Å². The first-order valence-electron chi connectivity index (χ1n) is 10.4. The fraction of sp³-hybridized carbons (Fsp3) is 0.208. The molecule has 7 nitrogen and oxygen atoms in total. The van der Waals surface area contributed by atoms with Gasteiger partial charge in [-0.2, -0.15) is 0 Å². The molecule has 1 aromatic heterocycles. The number of anilines is 2. The molecular weight excluding hydrogens is 439 g/mol. The zero-order chi connectivity index (χ0) is 23.8. The second kappa shape index (κ2) is 11.2. The van der Waals surface area contributed by atoms with Crippen LogP contribution in [0, 0.1) is 19.7 Å². The number of aromatic nitrogens is 2. The molecule has 170 valence electrons. The number of nitrogens with zero attached hydrogens (tertiary/aromatic N) is 3. The van der Waals surface area contributed by atoms with Gasteiger partial charge in [0.15, 0.2) is 10.9 Å². The van der Waals surface area contributed by atoms with Gasteiger partial charge < -0.3 is 10.6 Å². The topological polar surface area (TPSA) is 91.3 Å². The van der Waals surface area contributed by atoms with Crippen molar-refractivity contribution in [2.45, 2.75) is 27.2 Å². The van der Waals surface area contributed by atoms with Gasteiger partial charge in [0.05, 0.1) is 0 Å². The largest absolute Gasteiger partial charge is 0.332 e. The van der Waals surface area contributed by atoms with Crippen molar-refractivity contribution in [2.24, 2.45) is 4.99 Å². The smallest absolute Gasteiger partial charge is 0.229 e. The van der Waals surface area contributed by atoms with Gasteiger partial charge >= 0.3 is 0 Å². The van der Waals surface area contributed by atoms with Crippen molar-refractivity contribution in [2.75, 3.05) is 17.2 Å². The van der Waals surface area contributed by atoms with Crippen LogP contribution in [0.3, 0.4) is 0 Å². The molecule has 0 bridgehead atoms. The van der Waals surface area contributed by atoms with Crippen molar-refractivity contribution in [3.63, 3.8) is 0 Å². The Labute approximate surface area is 197 Å². The summed E-state index contributed by atoms with van der Waals surface area (Å²) in [5.41, 5.74) is 3.96. The summed E-state index contributed by atoms with van der Waals surface area (Å²) in [4.78, 5) is 24.8. The number of Topliss-reactive ketones (excluding diaryl/α,β-unsaturated/α-hetero) is 1. The number of benzene rings is 2. The molecule has 0 fully saturated rings. The van der Waals surface area contributed by atoms with E-state index in [2.05, 4.69) is 30.9 Å². The second-order valence-corrected chi connectivity index (χ2v) is 7.83. The third kappa shape index (κ3) is 7.73. The Morgan fingerprint density at radius 3 is 2.24 bits per heavy atom. The van der Waals surface area contributed by atoms with Crippen LogP contribution < -0.4 is 16.0 Å². The highest BCUT2D eigenvalue weighted by Gasteiger charge is 2.08. The molecule has 0 aliphatic carbocycles. The summed E-state index contributed by atoms with van der Waals surface area (Å²) in [7, 11) is 0. The second-order valence-electron chi connectivity index (χ2n) is 7.42. The average Bonchev–Trinajstić information content (AvgIpc) is 2.74. The Morgan fingerprint density at radius 1 is 1.00 bits per heavy atom.